The average Bonchev–Trinajstić information content (AvgIpc) is 2.86. The smallest absolute Gasteiger partial charge is 0.270 e. The first-order valence-electron chi connectivity index (χ1n) is 8.16. The minimum Gasteiger partial charge on any atom is -0.384 e. The lowest BCUT2D eigenvalue weighted by atomic mass is 9.93. The van der Waals surface area contributed by atoms with Crippen molar-refractivity contribution in [3.8, 4) is 0 Å². The highest BCUT2D eigenvalue weighted by Crippen LogP contribution is 2.33. The van der Waals surface area contributed by atoms with Crippen LogP contribution in [0.4, 0.5) is 5.69 Å². The van der Waals surface area contributed by atoms with Crippen LogP contribution in [0, 0.1) is 11.8 Å². The lowest BCUT2D eigenvalue weighted by Crippen LogP contribution is -2.37. The topological polar surface area (TPSA) is 54.0 Å². The molecule has 2 rings (SSSR count). The molecule has 1 aromatic heterocycles. The van der Waals surface area contributed by atoms with Crippen molar-refractivity contribution in [2.24, 2.45) is 11.8 Å². The van der Waals surface area contributed by atoms with Gasteiger partial charge in [-0.15, -0.1) is 0 Å². The van der Waals surface area contributed by atoms with E-state index in [1.54, 1.807) is 12.3 Å². The first-order valence-corrected chi connectivity index (χ1v) is 8.16. The monoisotopic (exact) mass is 289 g/mol. The fourth-order valence-corrected chi connectivity index (χ4v) is 3.17. The van der Waals surface area contributed by atoms with Gasteiger partial charge < -0.3 is 10.6 Å². The zero-order valence-electron chi connectivity index (χ0n) is 13.4. The molecule has 1 amide bonds. The average molecular weight is 289 g/mol. The Morgan fingerprint density at radius 2 is 2.14 bits per heavy atom. The van der Waals surface area contributed by atoms with Crippen molar-refractivity contribution in [1.82, 2.24) is 10.3 Å². The summed E-state index contributed by atoms with van der Waals surface area (Å²) in [5.74, 6) is 1.25. The van der Waals surface area contributed by atoms with Gasteiger partial charge in [0.1, 0.15) is 5.69 Å². The van der Waals surface area contributed by atoms with Crippen LogP contribution in [0.5, 0.6) is 0 Å². The molecule has 1 aliphatic carbocycles. The minimum atomic E-state index is -0.0503. The van der Waals surface area contributed by atoms with Gasteiger partial charge in [-0.2, -0.15) is 0 Å². The van der Waals surface area contributed by atoms with Gasteiger partial charge in [-0.25, -0.2) is 4.98 Å². The number of carbonyl (C=O) groups excluding carboxylic acids is 1. The Bertz CT molecular complexity index is 458. The zero-order chi connectivity index (χ0) is 15.2. The Labute approximate surface area is 127 Å². The number of hydrogen-bond acceptors (Lipinski definition) is 3. The molecular formula is C17H27N3O. The van der Waals surface area contributed by atoms with Crippen molar-refractivity contribution in [3.05, 3.63) is 24.0 Å². The highest BCUT2D eigenvalue weighted by molar-refractivity contribution is 5.92. The van der Waals surface area contributed by atoms with Gasteiger partial charge in [0.15, 0.2) is 0 Å². The molecular weight excluding hydrogens is 262 g/mol. The second kappa shape index (κ2) is 7.43. The second-order valence-electron chi connectivity index (χ2n) is 6.04. The maximum atomic E-state index is 12.3. The van der Waals surface area contributed by atoms with Crippen LogP contribution in [0.2, 0.25) is 0 Å². The van der Waals surface area contributed by atoms with E-state index >= 15 is 0 Å². The molecule has 1 saturated carbocycles. The summed E-state index contributed by atoms with van der Waals surface area (Å²) in [6.07, 6.45) is 6.30. The summed E-state index contributed by atoms with van der Waals surface area (Å²) in [4.78, 5) is 16.5. The summed E-state index contributed by atoms with van der Waals surface area (Å²) in [5, 5.41) is 6.41. The van der Waals surface area contributed by atoms with Crippen molar-refractivity contribution in [1.29, 1.82) is 0 Å². The molecule has 0 aromatic carbocycles. The summed E-state index contributed by atoms with van der Waals surface area (Å²) < 4.78 is 0. The van der Waals surface area contributed by atoms with E-state index in [9.17, 15) is 4.79 Å². The van der Waals surface area contributed by atoms with E-state index in [1.165, 1.54) is 12.8 Å². The maximum Gasteiger partial charge on any atom is 0.270 e. The zero-order valence-corrected chi connectivity index (χ0v) is 13.4. The minimum absolute atomic E-state index is 0.0503. The van der Waals surface area contributed by atoms with Gasteiger partial charge >= 0.3 is 0 Å². The molecule has 0 spiro atoms. The third-order valence-electron chi connectivity index (χ3n) is 4.64. The molecule has 2 N–H and O–H groups in total. The van der Waals surface area contributed by atoms with Crippen molar-refractivity contribution < 1.29 is 4.79 Å². The van der Waals surface area contributed by atoms with Crippen LogP contribution in [0.15, 0.2) is 18.3 Å². The molecule has 1 heterocycles. The van der Waals surface area contributed by atoms with Crippen LogP contribution in [0.3, 0.4) is 0 Å². The second-order valence-corrected chi connectivity index (χ2v) is 6.04. The fourth-order valence-electron chi connectivity index (χ4n) is 3.17. The number of hydrogen-bond donors (Lipinski definition) is 2. The molecule has 116 valence electrons. The van der Waals surface area contributed by atoms with E-state index in [0.29, 0.717) is 17.7 Å². The van der Waals surface area contributed by atoms with Gasteiger partial charge in [-0.3, -0.25) is 4.79 Å². The molecule has 1 aromatic rings. The van der Waals surface area contributed by atoms with Crippen LogP contribution in [0.1, 0.15) is 56.9 Å². The maximum absolute atomic E-state index is 12.3. The van der Waals surface area contributed by atoms with E-state index < -0.39 is 0 Å². The lowest BCUT2D eigenvalue weighted by Gasteiger charge is -2.20. The number of nitrogens with one attached hydrogen (secondary N) is 2. The molecule has 0 radical (unpaired) electrons. The standard InChI is InChI=1S/C17H27N3O/c1-4-10-18-14-7-9-16(19-11-14)17(21)20-15-8-6-13(5-2)12(15)3/h7,9,11-13,15,18H,4-6,8,10H2,1-3H3,(H,20,21). The largest absolute Gasteiger partial charge is 0.384 e. The molecule has 3 atom stereocenters. The van der Waals surface area contributed by atoms with Crippen LogP contribution in [-0.2, 0) is 0 Å². The predicted octanol–water partition coefficient (Wildman–Crippen LogP) is 3.46. The Morgan fingerprint density at radius 3 is 2.71 bits per heavy atom. The number of carbonyl (C=O) groups is 1. The summed E-state index contributed by atoms with van der Waals surface area (Å²) >= 11 is 0. The van der Waals surface area contributed by atoms with E-state index in [4.69, 9.17) is 0 Å². The number of anilines is 1. The number of nitrogens with zero attached hydrogens (tertiary/aromatic N) is 1. The van der Waals surface area contributed by atoms with Crippen molar-refractivity contribution in [2.75, 3.05) is 11.9 Å². The number of rotatable bonds is 6. The van der Waals surface area contributed by atoms with Gasteiger partial charge in [0, 0.05) is 12.6 Å². The first-order chi connectivity index (χ1) is 10.2. The summed E-state index contributed by atoms with van der Waals surface area (Å²) in [6, 6.07) is 4.01. The van der Waals surface area contributed by atoms with Crippen molar-refractivity contribution in [3.63, 3.8) is 0 Å². The SMILES string of the molecule is CCCNc1ccc(C(=O)NC2CCC(CC)C2C)nc1. The van der Waals surface area contributed by atoms with E-state index in [-0.39, 0.29) is 5.91 Å². The quantitative estimate of drug-likeness (QED) is 0.843. The van der Waals surface area contributed by atoms with E-state index in [0.717, 1.165) is 31.0 Å². The Balaban J connectivity index is 1.91. The van der Waals surface area contributed by atoms with Gasteiger partial charge in [0.05, 0.1) is 11.9 Å². The molecule has 21 heavy (non-hydrogen) atoms. The van der Waals surface area contributed by atoms with Gasteiger partial charge in [-0.1, -0.05) is 27.2 Å². The van der Waals surface area contributed by atoms with Gasteiger partial charge in [0.25, 0.3) is 5.91 Å². The molecule has 3 unspecified atom stereocenters. The van der Waals surface area contributed by atoms with Crippen LogP contribution in [-0.4, -0.2) is 23.5 Å². The normalized spacial score (nSPS) is 24.8. The van der Waals surface area contributed by atoms with Gasteiger partial charge in [0.2, 0.25) is 0 Å². The third-order valence-corrected chi connectivity index (χ3v) is 4.64. The fraction of sp³-hybridized carbons (Fsp3) is 0.647. The molecule has 0 saturated heterocycles. The number of amides is 1. The summed E-state index contributed by atoms with van der Waals surface area (Å²) in [5.41, 5.74) is 1.47. The Hall–Kier alpha value is -1.58. The molecule has 1 fully saturated rings. The first kappa shape index (κ1) is 15.8. The molecule has 0 bridgehead atoms. The molecule has 4 heteroatoms. The Morgan fingerprint density at radius 1 is 1.33 bits per heavy atom. The number of aromatic nitrogens is 1. The highest BCUT2D eigenvalue weighted by atomic mass is 16.1. The molecule has 1 aliphatic rings. The van der Waals surface area contributed by atoms with Crippen LogP contribution < -0.4 is 10.6 Å². The predicted molar refractivity (Wildman–Crippen MR) is 86.5 cm³/mol. The number of pyridine rings is 1. The van der Waals surface area contributed by atoms with Crippen LogP contribution >= 0.6 is 0 Å². The Kier molecular flexibility index (Phi) is 5.59. The van der Waals surface area contributed by atoms with E-state index in [1.807, 2.05) is 6.07 Å². The molecule has 4 nitrogen and oxygen atoms in total. The van der Waals surface area contributed by atoms with Crippen LogP contribution in [0.25, 0.3) is 0 Å². The summed E-state index contributed by atoms with van der Waals surface area (Å²) in [7, 11) is 0. The summed E-state index contributed by atoms with van der Waals surface area (Å²) in [6.45, 7) is 7.52. The van der Waals surface area contributed by atoms with Crippen molar-refractivity contribution >= 4 is 11.6 Å². The van der Waals surface area contributed by atoms with Gasteiger partial charge in [-0.05, 0) is 43.2 Å². The van der Waals surface area contributed by atoms with E-state index in [2.05, 4.69) is 36.4 Å². The lowest BCUT2D eigenvalue weighted by molar-refractivity contribution is 0.0921. The highest BCUT2D eigenvalue weighted by Gasteiger charge is 2.32. The molecule has 0 aliphatic heterocycles. The van der Waals surface area contributed by atoms with Crippen molar-refractivity contribution in [2.45, 2.75) is 52.5 Å². The third kappa shape index (κ3) is 3.96.